The Balaban J connectivity index is 0. The van der Waals surface area contributed by atoms with Gasteiger partial charge in [-0.05, 0) is 0 Å². The van der Waals surface area contributed by atoms with E-state index in [1.807, 2.05) is 0 Å². The van der Waals surface area contributed by atoms with Gasteiger partial charge in [0.05, 0.1) is 0 Å². The quantitative estimate of drug-likeness (QED) is 0.487. The van der Waals surface area contributed by atoms with E-state index in [9.17, 15) is 0 Å². The third-order valence-corrected chi connectivity index (χ3v) is 0. The van der Waals surface area contributed by atoms with Crippen LogP contribution >= 0.6 is 0 Å². The van der Waals surface area contributed by atoms with Gasteiger partial charge >= 0.3 is 62.7 Å². The minimum Gasteiger partial charge on any atom is -2.00 e. The minimum absolute atomic E-state index is 0. The third kappa shape index (κ3) is 24.4. The smallest absolute Gasteiger partial charge is 2.00 e. The van der Waals surface area contributed by atoms with Crippen LogP contribution in [0.15, 0.2) is 0 Å². The fourth-order valence-electron chi connectivity index (χ4n) is 0. The molecule has 0 aliphatic rings. The van der Waals surface area contributed by atoms with Crippen LogP contribution in [0.25, 0.3) is 0 Å². The second-order valence-electron chi connectivity index (χ2n) is 0. The van der Waals surface area contributed by atoms with Gasteiger partial charge in [-0.3, -0.25) is 0 Å². The Labute approximate surface area is 73.0 Å². The van der Waals surface area contributed by atoms with Crippen LogP contribution in [0.1, 0.15) is 0 Å². The number of rotatable bonds is 0. The van der Waals surface area contributed by atoms with Gasteiger partial charge < -0.3 is 11.0 Å². The molecule has 0 amide bonds. The first-order chi connectivity index (χ1) is 0. The molecular formula is AlInO2Zn+4. The van der Waals surface area contributed by atoms with E-state index in [2.05, 4.69) is 0 Å². The van der Waals surface area contributed by atoms with E-state index in [4.69, 9.17) is 0 Å². The van der Waals surface area contributed by atoms with Crippen molar-refractivity contribution < 1.29 is 30.4 Å². The van der Waals surface area contributed by atoms with Crippen molar-refractivity contribution in [3.8, 4) is 0 Å². The van der Waals surface area contributed by atoms with Crippen molar-refractivity contribution in [1.29, 1.82) is 0 Å². The molecule has 5 heavy (non-hydrogen) atoms. The summed E-state index contributed by atoms with van der Waals surface area (Å²) in [6, 6.07) is 0. The zero-order valence-electron chi connectivity index (χ0n) is 2.68. The van der Waals surface area contributed by atoms with Crippen molar-refractivity contribution in [1.82, 2.24) is 0 Å². The van der Waals surface area contributed by atoms with Crippen LogP contribution in [0.4, 0.5) is 0 Å². The zero-order valence-corrected chi connectivity index (χ0v) is 10.1. The molecule has 0 aliphatic carbocycles. The summed E-state index contributed by atoms with van der Waals surface area (Å²) < 4.78 is 0. The average molecular weight is 239 g/mol. The van der Waals surface area contributed by atoms with E-state index in [1.165, 1.54) is 0 Å². The zero-order chi connectivity index (χ0) is 0. The van der Waals surface area contributed by atoms with Gasteiger partial charge in [-0.2, -0.15) is 0 Å². The predicted octanol–water partition coefficient (Wildman–Crippen LogP) is -1.00. The molecule has 0 saturated carbocycles. The summed E-state index contributed by atoms with van der Waals surface area (Å²) in [6.07, 6.45) is 0. The molecule has 0 atom stereocenters. The van der Waals surface area contributed by atoms with Crippen LogP contribution in [-0.2, 0) is 30.4 Å². The molecule has 0 aromatic rings. The molecule has 0 unspecified atom stereocenters. The van der Waals surface area contributed by atoms with Crippen LogP contribution in [0.3, 0.4) is 0 Å². The van der Waals surface area contributed by atoms with Crippen molar-refractivity contribution in [2.45, 2.75) is 0 Å². The molecular weight excluding hydrogens is 239 g/mol. The number of hydrogen-bond donors (Lipinski definition) is 0. The second-order valence-corrected chi connectivity index (χ2v) is 0. The van der Waals surface area contributed by atoms with Gasteiger partial charge in [-0.15, -0.1) is 0 Å². The van der Waals surface area contributed by atoms with Gasteiger partial charge in [0.25, 0.3) is 0 Å². The molecule has 0 saturated heterocycles. The van der Waals surface area contributed by atoms with E-state index in [-0.39, 0.29) is 73.6 Å². The van der Waals surface area contributed by atoms with Crippen molar-refractivity contribution in [3.05, 3.63) is 0 Å². The van der Waals surface area contributed by atoms with Gasteiger partial charge in [0.1, 0.15) is 0 Å². The topological polar surface area (TPSA) is 57.0 Å². The molecule has 0 bridgehead atoms. The summed E-state index contributed by atoms with van der Waals surface area (Å²) in [5, 5.41) is 0. The summed E-state index contributed by atoms with van der Waals surface area (Å²) >= 11 is 0. The largest absolute Gasteiger partial charge is 3.00 e. The van der Waals surface area contributed by atoms with E-state index in [1.54, 1.807) is 0 Å². The molecule has 0 spiro atoms. The molecule has 0 heterocycles. The Bertz CT molecular complexity index is 9.61. The molecule has 0 aromatic heterocycles. The monoisotopic (exact) mass is 238 g/mol. The van der Waals surface area contributed by atoms with Crippen molar-refractivity contribution in [2.75, 3.05) is 0 Å². The summed E-state index contributed by atoms with van der Waals surface area (Å²) in [7, 11) is 0. The van der Waals surface area contributed by atoms with Gasteiger partial charge in [0.15, 0.2) is 0 Å². The minimum atomic E-state index is 0. The first-order valence-electron chi connectivity index (χ1n) is 0. The van der Waals surface area contributed by atoms with Gasteiger partial charge in [-0.25, -0.2) is 0 Å². The fourth-order valence-corrected chi connectivity index (χ4v) is 0. The van der Waals surface area contributed by atoms with Crippen molar-refractivity contribution in [3.63, 3.8) is 0 Å². The van der Waals surface area contributed by atoms with E-state index in [0.717, 1.165) is 0 Å². The summed E-state index contributed by atoms with van der Waals surface area (Å²) in [5.74, 6) is 0. The Kier molecular flexibility index (Phi) is 498. The normalized spacial score (nSPS) is 0. The van der Waals surface area contributed by atoms with Gasteiger partial charge in [0.2, 0.25) is 0 Å². The molecule has 0 rings (SSSR count). The van der Waals surface area contributed by atoms with E-state index in [0.29, 0.717) is 0 Å². The maximum absolute atomic E-state index is 0. The van der Waals surface area contributed by atoms with Gasteiger partial charge in [0, 0.05) is 0 Å². The third-order valence-electron chi connectivity index (χ3n) is 0. The van der Waals surface area contributed by atoms with Crippen LogP contribution in [0, 0.1) is 0 Å². The molecule has 16 valence electrons. The molecule has 0 fully saturated rings. The summed E-state index contributed by atoms with van der Waals surface area (Å²) in [6.45, 7) is 0. The molecule has 0 N–H and O–H groups in total. The molecule has 5 heteroatoms. The predicted molar refractivity (Wildman–Crippen MR) is 12.9 cm³/mol. The average Bonchev–Trinajstić information content (AvgIpc) is 0. The Morgan fingerprint density at radius 2 is 0.800 bits per heavy atom. The van der Waals surface area contributed by atoms with Crippen LogP contribution in [0.5, 0.6) is 0 Å². The molecule has 0 aliphatic heterocycles. The first kappa shape index (κ1) is 64.8. The molecule has 0 aromatic carbocycles. The SMILES string of the molecule is [Al+3].[In+3].[O-2].[O-2].[Zn+2]. The maximum atomic E-state index is 0. The van der Waals surface area contributed by atoms with Crippen LogP contribution in [-0.4, -0.2) is 43.2 Å². The molecule has 2 nitrogen and oxygen atoms in total. The Morgan fingerprint density at radius 3 is 0.800 bits per heavy atom. The summed E-state index contributed by atoms with van der Waals surface area (Å²) in [4.78, 5) is 0. The van der Waals surface area contributed by atoms with E-state index < -0.39 is 0 Å². The Hall–Kier alpha value is 1.95. The fraction of sp³-hybridized carbons (Fsp3) is 0. The standard InChI is InChI=1S/Al.In.2O.Zn/q2*+3;2*-2;+2. The van der Waals surface area contributed by atoms with Gasteiger partial charge in [-0.1, -0.05) is 0 Å². The van der Waals surface area contributed by atoms with Crippen molar-refractivity contribution >= 4 is 43.2 Å². The first-order valence-corrected chi connectivity index (χ1v) is 0. The van der Waals surface area contributed by atoms with Crippen LogP contribution < -0.4 is 0 Å². The second kappa shape index (κ2) is 38.4. The Morgan fingerprint density at radius 1 is 0.800 bits per heavy atom. The maximum Gasteiger partial charge on any atom is 3.00 e. The summed E-state index contributed by atoms with van der Waals surface area (Å²) in [5.41, 5.74) is 0. The van der Waals surface area contributed by atoms with Crippen LogP contribution in [0.2, 0.25) is 0 Å². The van der Waals surface area contributed by atoms with E-state index >= 15 is 0 Å². The van der Waals surface area contributed by atoms with Crippen molar-refractivity contribution in [2.24, 2.45) is 0 Å². The number of hydrogen-bond acceptors (Lipinski definition) is 0. The molecule has 0 radical (unpaired) electrons.